The second-order valence-electron chi connectivity index (χ2n) is 2.52. The Kier molecular flexibility index (Phi) is 3.99. The van der Waals surface area contributed by atoms with Crippen LogP contribution in [0.3, 0.4) is 0 Å². The third-order valence-electron chi connectivity index (χ3n) is 1.71. The van der Waals surface area contributed by atoms with E-state index in [9.17, 15) is 8.78 Å². The highest BCUT2D eigenvalue weighted by molar-refractivity contribution is 14.1. The van der Waals surface area contributed by atoms with Crippen molar-refractivity contribution in [1.82, 2.24) is 4.98 Å². The molecule has 78 valence electrons. The van der Waals surface area contributed by atoms with E-state index in [1.165, 1.54) is 13.3 Å². The SMILES string of the molecule is COc1c(CN)cnc(C(F)F)c1I. The van der Waals surface area contributed by atoms with Crippen molar-refractivity contribution in [3.63, 3.8) is 0 Å². The minimum atomic E-state index is -2.59. The molecule has 1 rings (SSSR count). The average Bonchev–Trinajstić information content (AvgIpc) is 2.16. The van der Waals surface area contributed by atoms with Gasteiger partial charge in [-0.25, -0.2) is 8.78 Å². The highest BCUT2D eigenvalue weighted by atomic mass is 127. The van der Waals surface area contributed by atoms with Gasteiger partial charge in [0.1, 0.15) is 11.4 Å². The van der Waals surface area contributed by atoms with Gasteiger partial charge in [-0.1, -0.05) is 0 Å². The van der Waals surface area contributed by atoms with Crippen LogP contribution in [0.5, 0.6) is 5.75 Å². The van der Waals surface area contributed by atoms with Gasteiger partial charge in [0, 0.05) is 18.3 Å². The lowest BCUT2D eigenvalue weighted by molar-refractivity contribution is 0.144. The zero-order valence-corrected chi connectivity index (χ0v) is 9.59. The molecule has 0 aliphatic rings. The van der Waals surface area contributed by atoms with Gasteiger partial charge in [0.15, 0.2) is 0 Å². The molecule has 0 saturated heterocycles. The average molecular weight is 314 g/mol. The molecule has 0 saturated carbocycles. The second-order valence-corrected chi connectivity index (χ2v) is 3.60. The summed E-state index contributed by atoms with van der Waals surface area (Å²) in [6.45, 7) is 0.218. The summed E-state index contributed by atoms with van der Waals surface area (Å²) < 4.78 is 30.2. The lowest BCUT2D eigenvalue weighted by Gasteiger charge is -2.11. The Bertz CT molecular complexity index is 333. The van der Waals surface area contributed by atoms with E-state index in [4.69, 9.17) is 10.5 Å². The lowest BCUT2D eigenvalue weighted by Crippen LogP contribution is -2.05. The number of hydrogen-bond acceptors (Lipinski definition) is 3. The molecule has 1 aromatic rings. The molecule has 0 radical (unpaired) electrons. The highest BCUT2D eigenvalue weighted by Crippen LogP contribution is 2.31. The molecule has 0 unspecified atom stereocenters. The van der Waals surface area contributed by atoms with Gasteiger partial charge in [-0.2, -0.15) is 0 Å². The molecule has 0 aliphatic heterocycles. The van der Waals surface area contributed by atoms with Gasteiger partial charge in [0.2, 0.25) is 0 Å². The smallest absolute Gasteiger partial charge is 0.281 e. The first-order valence-electron chi connectivity index (χ1n) is 3.81. The first-order valence-corrected chi connectivity index (χ1v) is 4.89. The first-order chi connectivity index (χ1) is 6.61. The predicted molar refractivity (Wildman–Crippen MR) is 56.4 cm³/mol. The van der Waals surface area contributed by atoms with E-state index in [1.807, 2.05) is 0 Å². The number of halogens is 3. The number of methoxy groups -OCH3 is 1. The van der Waals surface area contributed by atoms with Crippen LogP contribution in [0.15, 0.2) is 6.20 Å². The van der Waals surface area contributed by atoms with E-state index in [0.717, 1.165) is 0 Å². The Hall–Kier alpha value is -0.500. The number of hydrogen-bond donors (Lipinski definition) is 1. The molecule has 6 heteroatoms. The van der Waals surface area contributed by atoms with Crippen LogP contribution in [0.25, 0.3) is 0 Å². The van der Waals surface area contributed by atoms with Crippen molar-refractivity contribution in [3.8, 4) is 5.75 Å². The number of ether oxygens (including phenoxy) is 1. The van der Waals surface area contributed by atoms with Crippen LogP contribution in [0.4, 0.5) is 8.78 Å². The van der Waals surface area contributed by atoms with Gasteiger partial charge < -0.3 is 10.5 Å². The number of aromatic nitrogens is 1. The number of nitrogens with zero attached hydrogens (tertiary/aromatic N) is 1. The summed E-state index contributed by atoms with van der Waals surface area (Å²) in [6.07, 6.45) is -1.27. The molecule has 2 N–H and O–H groups in total. The van der Waals surface area contributed by atoms with Crippen LogP contribution >= 0.6 is 22.6 Å². The van der Waals surface area contributed by atoms with Crippen molar-refractivity contribution in [1.29, 1.82) is 0 Å². The molecule has 1 aromatic heterocycles. The minimum Gasteiger partial charge on any atom is -0.495 e. The maximum atomic E-state index is 12.4. The summed E-state index contributed by atoms with van der Waals surface area (Å²) in [7, 11) is 1.42. The van der Waals surface area contributed by atoms with Crippen molar-refractivity contribution in [2.75, 3.05) is 7.11 Å². The summed E-state index contributed by atoms with van der Waals surface area (Å²) in [4.78, 5) is 3.64. The van der Waals surface area contributed by atoms with Crippen LogP contribution < -0.4 is 10.5 Å². The molecule has 0 aliphatic carbocycles. The molecular weight excluding hydrogens is 305 g/mol. The van der Waals surface area contributed by atoms with E-state index in [1.54, 1.807) is 22.6 Å². The molecule has 3 nitrogen and oxygen atoms in total. The second kappa shape index (κ2) is 4.83. The minimum absolute atomic E-state index is 0.218. The Morgan fingerprint density at radius 3 is 2.71 bits per heavy atom. The molecule has 0 atom stereocenters. The van der Waals surface area contributed by atoms with Crippen LogP contribution in [0.1, 0.15) is 17.7 Å². The van der Waals surface area contributed by atoms with Crippen molar-refractivity contribution >= 4 is 22.6 Å². The van der Waals surface area contributed by atoms with Crippen LogP contribution in [0.2, 0.25) is 0 Å². The maximum absolute atomic E-state index is 12.4. The summed E-state index contributed by atoms with van der Waals surface area (Å²) in [5.41, 5.74) is 5.77. The van der Waals surface area contributed by atoms with E-state index in [2.05, 4.69) is 4.98 Å². The van der Waals surface area contributed by atoms with E-state index in [0.29, 0.717) is 14.9 Å². The Morgan fingerprint density at radius 2 is 2.29 bits per heavy atom. The number of rotatable bonds is 3. The molecule has 14 heavy (non-hydrogen) atoms. The third kappa shape index (κ3) is 2.11. The first kappa shape index (κ1) is 11.6. The normalized spacial score (nSPS) is 10.7. The van der Waals surface area contributed by atoms with Gasteiger partial charge in [0.25, 0.3) is 6.43 Å². The molecule has 0 aromatic carbocycles. The van der Waals surface area contributed by atoms with Crippen molar-refractivity contribution in [2.45, 2.75) is 13.0 Å². The van der Waals surface area contributed by atoms with Gasteiger partial charge in [-0.05, 0) is 22.6 Å². The quantitative estimate of drug-likeness (QED) is 0.869. The molecule has 0 bridgehead atoms. The van der Waals surface area contributed by atoms with E-state index < -0.39 is 6.43 Å². The highest BCUT2D eigenvalue weighted by Gasteiger charge is 2.18. The fourth-order valence-corrected chi connectivity index (χ4v) is 1.98. The summed E-state index contributed by atoms with van der Waals surface area (Å²) >= 11 is 1.78. The standard InChI is InChI=1S/C8H9F2IN2O/c1-14-7-4(2-12)3-13-6(5(7)11)8(9)10/h3,8H,2,12H2,1H3. The third-order valence-corrected chi connectivity index (χ3v) is 2.75. The van der Waals surface area contributed by atoms with Crippen LogP contribution in [-0.2, 0) is 6.54 Å². The zero-order chi connectivity index (χ0) is 10.7. The Morgan fingerprint density at radius 1 is 1.64 bits per heavy atom. The number of alkyl halides is 2. The Labute approximate surface area is 93.8 Å². The predicted octanol–water partition coefficient (Wildman–Crippen LogP) is 2.09. The van der Waals surface area contributed by atoms with Crippen LogP contribution in [-0.4, -0.2) is 12.1 Å². The van der Waals surface area contributed by atoms with E-state index >= 15 is 0 Å². The van der Waals surface area contributed by atoms with Crippen molar-refractivity contribution < 1.29 is 13.5 Å². The Balaban J connectivity index is 3.27. The largest absolute Gasteiger partial charge is 0.495 e. The molecule has 0 fully saturated rings. The fraction of sp³-hybridized carbons (Fsp3) is 0.375. The fourth-order valence-electron chi connectivity index (χ4n) is 1.04. The van der Waals surface area contributed by atoms with Gasteiger partial charge in [0.05, 0.1) is 10.7 Å². The zero-order valence-electron chi connectivity index (χ0n) is 7.43. The van der Waals surface area contributed by atoms with Crippen molar-refractivity contribution in [2.24, 2.45) is 5.73 Å². The maximum Gasteiger partial charge on any atom is 0.281 e. The molecule has 1 heterocycles. The van der Waals surface area contributed by atoms with Crippen molar-refractivity contribution in [3.05, 3.63) is 21.0 Å². The molecule has 0 amide bonds. The monoisotopic (exact) mass is 314 g/mol. The summed E-state index contributed by atoms with van der Waals surface area (Å²) in [5.74, 6) is 0.387. The number of nitrogens with two attached hydrogens (primary N) is 1. The van der Waals surface area contributed by atoms with E-state index in [-0.39, 0.29) is 12.2 Å². The molecular formula is C8H9F2IN2O. The topological polar surface area (TPSA) is 48.1 Å². The summed E-state index contributed by atoms with van der Waals surface area (Å²) in [5, 5.41) is 0. The van der Waals surface area contributed by atoms with Gasteiger partial charge >= 0.3 is 0 Å². The number of pyridine rings is 1. The lowest BCUT2D eigenvalue weighted by atomic mass is 10.2. The van der Waals surface area contributed by atoms with Gasteiger partial charge in [-0.3, -0.25) is 4.98 Å². The summed E-state index contributed by atoms with van der Waals surface area (Å²) in [6, 6.07) is 0. The molecule has 0 spiro atoms. The van der Waals surface area contributed by atoms with Crippen LogP contribution in [0, 0.1) is 3.57 Å². The van der Waals surface area contributed by atoms with Gasteiger partial charge in [-0.15, -0.1) is 0 Å².